The van der Waals surface area contributed by atoms with E-state index in [-0.39, 0.29) is 18.1 Å². The number of nitrogens with one attached hydrogen (secondary N) is 1. The molecule has 0 amide bonds. The molecule has 0 radical (unpaired) electrons. The Morgan fingerprint density at radius 1 is 1.30 bits per heavy atom. The van der Waals surface area contributed by atoms with Gasteiger partial charge in [0.1, 0.15) is 11.6 Å². The molecule has 7 heteroatoms. The molecule has 1 atom stereocenters. The molecule has 1 saturated heterocycles. The van der Waals surface area contributed by atoms with Crippen LogP contribution in [-0.2, 0) is 19.6 Å². The molecule has 0 aliphatic carbocycles. The van der Waals surface area contributed by atoms with Gasteiger partial charge in [-0.05, 0) is 40.5 Å². The summed E-state index contributed by atoms with van der Waals surface area (Å²) >= 11 is 0. The van der Waals surface area contributed by atoms with Crippen LogP contribution in [0.25, 0.3) is 0 Å². The number of rotatable bonds is 4. The summed E-state index contributed by atoms with van der Waals surface area (Å²) in [4.78, 5) is 11.9. The molecule has 1 N–H and O–H groups in total. The highest BCUT2D eigenvalue weighted by Gasteiger charge is 2.28. The summed E-state index contributed by atoms with van der Waals surface area (Å²) in [5, 5.41) is 3.22. The summed E-state index contributed by atoms with van der Waals surface area (Å²) in [6.07, 6.45) is 2.64. The first-order valence-corrected chi connectivity index (χ1v) is 8.78. The number of carbonyl (C=O) groups excluding carboxylic acids is 1. The molecule has 0 saturated carbocycles. The predicted octanol–water partition coefficient (Wildman–Crippen LogP) is 0.730. The van der Waals surface area contributed by atoms with Crippen LogP contribution in [0, 0.1) is 0 Å². The van der Waals surface area contributed by atoms with Gasteiger partial charge in [0.25, 0.3) is 0 Å². The van der Waals surface area contributed by atoms with Gasteiger partial charge in [0.15, 0.2) is 0 Å². The molecule has 0 aromatic rings. The summed E-state index contributed by atoms with van der Waals surface area (Å²) < 4.78 is 29.6. The van der Waals surface area contributed by atoms with E-state index in [1.807, 2.05) is 20.8 Å². The van der Waals surface area contributed by atoms with Crippen molar-refractivity contribution in [2.75, 3.05) is 19.3 Å². The van der Waals surface area contributed by atoms with Gasteiger partial charge in [-0.25, -0.2) is 12.7 Å². The standard InChI is InChI=1S/C13H26N2O4S/c1-10(12(16)19-13(2,3)4)14-11-6-8-15(9-7-11)20(5,17)18/h10-11,14H,6-9H2,1-5H3. The SMILES string of the molecule is CC(NC1CCN(S(C)(=O)=O)CC1)C(=O)OC(C)(C)C. The largest absolute Gasteiger partial charge is 0.459 e. The summed E-state index contributed by atoms with van der Waals surface area (Å²) in [6.45, 7) is 8.28. The van der Waals surface area contributed by atoms with Gasteiger partial charge in [0, 0.05) is 19.1 Å². The Morgan fingerprint density at radius 2 is 1.80 bits per heavy atom. The molecular weight excluding hydrogens is 280 g/mol. The van der Waals surface area contributed by atoms with Gasteiger partial charge in [-0.3, -0.25) is 4.79 Å². The van der Waals surface area contributed by atoms with Gasteiger partial charge >= 0.3 is 5.97 Å². The molecule has 118 valence electrons. The number of esters is 1. The topological polar surface area (TPSA) is 75.7 Å². The Bertz CT molecular complexity index is 434. The van der Waals surface area contributed by atoms with Crippen molar-refractivity contribution in [2.24, 2.45) is 0 Å². The fourth-order valence-electron chi connectivity index (χ4n) is 2.17. The molecule has 0 bridgehead atoms. The fourth-order valence-corrected chi connectivity index (χ4v) is 3.04. The Labute approximate surface area is 121 Å². The van der Waals surface area contributed by atoms with Crippen LogP contribution >= 0.6 is 0 Å². The molecule has 1 unspecified atom stereocenters. The minimum Gasteiger partial charge on any atom is -0.459 e. The lowest BCUT2D eigenvalue weighted by Gasteiger charge is -2.32. The van der Waals surface area contributed by atoms with Crippen molar-refractivity contribution < 1.29 is 17.9 Å². The van der Waals surface area contributed by atoms with Crippen LogP contribution in [0.4, 0.5) is 0 Å². The molecule has 1 aliphatic heterocycles. The summed E-state index contributed by atoms with van der Waals surface area (Å²) in [6, 6.07) is -0.237. The van der Waals surface area contributed by atoms with Gasteiger partial charge in [0.05, 0.1) is 6.26 Å². The molecule has 1 heterocycles. The monoisotopic (exact) mass is 306 g/mol. The van der Waals surface area contributed by atoms with Crippen LogP contribution in [0.5, 0.6) is 0 Å². The average Bonchev–Trinajstić information content (AvgIpc) is 2.26. The second-order valence-electron chi connectivity index (χ2n) is 6.36. The first kappa shape index (κ1) is 17.4. The van der Waals surface area contributed by atoms with E-state index in [2.05, 4.69) is 5.32 Å². The van der Waals surface area contributed by atoms with Crippen molar-refractivity contribution in [1.82, 2.24) is 9.62 Å². The lowest BCUT2D eigenvalue weighted by atomic mass is 10.1. The van der Waals surface area contributed by atoms with E-state index in [1.54, 1.807) is 6.92 Å². The minimum atomic E-state index is -3.10. The number of piperidine rings is 1. The zero-order valence-electron chi connectivity index (χ0n) is 13.0. The van der Waals surface area contributed by atoms with Crippen LogP contribution in [0.3, 0.4) is 0 Å². The van der Waals surface area contributed by atoms with Gasteiger partial charge in [-0.15, -0.1) is 0 Å². The summed E-state index contributed by atoms with van der Waals surface area (Å²) in [7, 11) is -3.10. The van der Waals surface area contributed by atoms with Gasteiger partial charge in [0.2, 0.25) is 10.0 Å². The molecular formula is C13H26N2O4S. The maximum Gasteiger partial charge on any atom is 0.323 e. The van der Waals surface area contributed by atoms with Crippen molar-refractivity contribution >= 4 is 16.0 Å². The van der Waals surface area contributed by atoms with E-state index >= 15 is 0 Å². The normalized spacial score (nSPS) is 20.6. The molecule has 0 spiro atoms. The van der Waals surface area contributed by atoms with E-state index < -0.39 is 15.6 Å². The molecule has 0 aromatic carbocycles. The second kappa shape index (κ2) is 6.41. The highest BCUT2D eigenvalue weighted by molar-refractivity contribution is 7.88. The van der Waals surface area contributed by atoms with Crippen LogP contribution < -0.4 is 5.32 Å². The molecule has 1 fully saturated rings. The quantitative estimate of drug-likeness (QED) is 0.775. The summed E-state index contributed by atoms with van der Waals surface area (Å²) in [5.74, 6) is -0.275. The van der Waals surface area contributed by atoms with E-state index in [1.165, 1.54) is 10.6 Å². The predicted molar refractivity (Wildman–Crippen MR) is 77.9 cm³/mol. The lowest BCUT2D eigenvalue weighted by Crippen LogP contribution is -2.49. The molecule has 0 aromatic heterocycles. The smallest absolute Gasteiger partial charge is 0.323 e. The van der Waals surface area contributed by atoms with Crippen LogP contribution in [0.2, 0.25) is 0 Å². The highest BCUT2D eigenvalue weighted by Crippen LogP contribution is 2.15. The van der Waals surface area contributed by atoms with Gasteiger partial charge in [-0.1, -0.05) is 0 Å². The van der Waals surface area contributed by atoms with Crippen molar-refractivity contribution in [3.8, 4) is 0 Å². The Morgan fingerprint density at radius 3 is 2.20 bits per heavy atom. The number of hydrogen-bond donors (Lipinski definition) is 1. The first-order valence-electron chi connectivity index (χ1n) is 6.93. The summed E-state index contributed by atoms with van der Waals surface area (Å²) in [5.41, 5.74) is -0.493. The van der Waals surface area contributed by atoms with Crippen molar-refractivity contribution in [1.29, 1.82) is 0 Å². The van der Waals surface area contributed by atoms with Gasteiger partial charge < -0.3 is 10.1 Å². The zero-order valence-corrected chi connectivity index (χ0v) is 13.8. The third-order valence-corrected chi connectivity index (χ3v) is 4.47. The van der Waals surface area contributed by atoms with E-state index in [0.717, 1.165) is 0 Å². The van der Waals surface area contributed by atoms with E-state index in [0.29, 0.717) is 25.9 Å². The lowest BCUT2D eigenvalue weighted by molar-refractivity contribution is -0.157. The first-order chi connectivity index (χ1) is 8.99. The van der Waals surface area contributed by atoms with Crippen LogP contribution in [-0.4, -0.2) is 55.7 Å². The fraction of sp³-hybridized carbons (Fsp3) is 0.923. The van der Waals surface area contributed by atoms with Crippen LogP contribution in [0.15, 0.2) is 0 Å². The Balaban J connectivity index is 2.42. The maximum atomic E-state index is 11.9. The third kappa shape index (κ3) is 5.76. The molecule has 20 heavy (non-hydrogen) atoms. The van der Waals surface area contributed by atoms with Crippen LogP contribution in [0.1, 0.15) is 40.5 Å². The Hall–Kier alpha value is -0.660. The number of nitrogens with zero attached hydrogens (tertiary/aromatic N) is 1. The average molecular weight is 306 g/mol. The third-order valence-electron chi connectivity index (χ3n) is 3.17. The number of hydrogen-bond acceptors (Lipinski definition) is 5. The zero-order chi connectivity index (χ0) is 15.6. The molecule has 1 aliphatic rings. The van der Waals surface area contributed by atoms with Crippen molar-refractivity contribution in [2.45, 2.75) is 58.2 Å². The Kier molecular flexibility index (Phi) is 5.57. The molecule has 1 rings (SSSR count). The number of ether oxygens (including phenoxy) is 1. The number of sulfonamides is 1. The van der Waals surface area contributed by atoms with Crippen molar-refractivity contribution in [3.05, 3.63) is 0 Å². The van der Waals surface area contributed by atoms with Crippen molar-refractivity contribution in [3.63, 3.8) is 0 Å². The highest BCUT2D eigenvalue weighted by atomic mass is 32.2. The second-order valence-corrected chi connectivity index (χ2v) is 8.34. The maximum absolute atomic E-state index is 11.9. The van der Waals surface area contributed by atoms with Gasteiger partial charge in [-0.2, -0.15) is 0 Å². The minimum absolute atomic E-state index is 0.149. The number of carbonyl (C=O) groups is 1. The van der Waals surface area contributed by atoms with E-state index in [9.17, 15) is 13.2 Å². The molecule has 6 nitrogen and oxygen atoms in total. The van der Waals surface area contributed by atoms with E-state index in [4.69, 9.17) is 4.74 Å².